The first-order valence-electron chi connectivity index (χ1n) is 9.35. The van der Waals surface area contributed by atoms with E-state index in [1.807, 2.05) is 4.90 Å². The number of amides is 1. The van der Waals surface area contributed by atoms with Gasteiger partial charge in [0.1, 0.15) is 0 Å². The minimum absolute atomic E-state index is 0.0395. The predicted molar refractivity (Wildman–Crippen MR) is 98.7 cm³/mol. The van der Waals surface area contributed by atoms with Crippen LogP contribution >= 0.6 is 0 Å². The minimum Gasteiger partial charge on any atom is -0.377 e. The number of hydrogen-bond acceptors (Lipinski definition) is 4. The molecular formula is C19H26N2O4S. The number of anilines is 1. The molecule has 1 aliphatic carbocycles. The van der Waals surface area contributed by atoms with Crippen molar-refractivity contribution < 1.29 is 17.9 Å². The van der Waals surface area contributed by atoms with Crippen LogP contribution < -0.4 is 9.62 Å². The van der Waals surface area contributed by atoms with Gasteiger partial charge in [0, 0.05) is 36.7 Å². The zero-order valence-electron chi connectivity index (χ0n) is 15.3. The average molecular weight is 378 g/mol. The highest BCUT2D eigenvalue weighted by Crippen LogP contribution is 2.44. The lowest BCUT2D eigenvalue weighted by Crippen LogP contribution is -2.34. The largest absolute Gasteiger partial charge is 0.377 e. The normalized spacial score (nSPS) is 24.7. The summed E-state index contributed by atoms with van der Waals surface area (Å²) >= 11 is 0. The third-order valence-corrected chi connectivity index (χ3v) is 6.99. The highest BCUT2D eigenvalue weighted by atomic mass is 32.2. The first kappa shape index (κ1) is 17.9. The third-order valence-electron chi connectivity index (χ3n) is 5.57. The standard InChI is InChI=1S/C19H26N2O4S/c1-19(2)12-21(18(22)13-5-6-13)17-8-7-15(10-16(17)19)26(23,24)20-11-14-4-3-9-25-14/h7-8,10,13-14,20H,3-6,9,11-12H2,1-2H3/t14-/m0/s1. The molecule has 1 atom stereocenters. The van der Waals surface area contributed by atoms with Crippen molar-refractivity contribution in [1.29, 1.82) is 0 Å². The molecule has 1 saturated carbocycles. The number of nitrogens with zero attached hydrogens (tertiary/aromatic N) is 1. The van der Waals surface area contributed by atoms with Crippen molar-refractivity contribution in [2.24, 2.45) is 5.92 Å². The highest BCUT2D eigenvalue weighted by Gasteiger charge is 2.43. The molecule has 4 rings (SSSR count). The van der Waals surface area contributed by atoms with E-state index in [0.29, 0.717) is 19.7 Å². The molecule has 1 aromatic carbocycles. The SMILES string of the molecule is CC1(C)CN(C(=O)C2CC2)c2ccc(S(=O)(=O)NC[C@@H]3CCCO3)cc21. The Hall–Kier alpha value is -1.44. The fourth-order valence-corrected chi connectivity index (χ4v) is 4.96. The van der Waals surface area contributed by atoms with Crippen LogP contribution in [0.5, 0.6) is 0 Å². The van der Waals surface area contributed by atoms with Crippen LogP contribution in [0.1, 0.15) is 45.1 Å². The summed E-state index contributed by atoms with van der Waals surface area (Å²) in [5.74, 6) is 0.317. The second-order valence-electron chi connectivity index (χ2n) is 8.25. The van der Waals surface area contributed by atoms with E-state index in [-0.39, 0.29) is 28.2 Å². The van der Waals surface area contributed by atoms with Crippen molar-refractivity contribution in [1.82, 2.24) is 4.72 Å². The number of carbonyl (C=O) groups excluding carboxylic acids is 1. The Balaban J connectivity index is 1.58. The first-order valence-corrected chi connectivity index (χ1v) is 10.8. The Morgan fingerprint density at radius 2 is 2.08 bits per heavy atom. The Kier molecular flexibility index (Phi) is 4.36. The quantitative estimate of drug-likeness (QED) is 0.852. The van der Waals surface area contributed by atoms with E-state index in [1.54, 1.807) is 18.2 Å². The molecule has 0 aromatic heterocycles. The topological polar surface area (TPSA) is 75.7 Å². The van der Waals surface area contributed by atoms with Crippen LogP contribution in [0, 0.1) is 5.92 Å². The van der Waals surface area contributed by atoms with E-state index < -0.39 is 10.0 Å². The number of benzene rings is 1. The number of ether oxygens (including phenoxy) is 1. The molecule has 6 nitrogen and oxygen atoms in total. The van der Waals surface area contributed by atoms with Crippen molar-refractivity contribution in [3.63, 3.8) is 0 Å². The summed E-state index contributed by atoms with van der Waals surface area (Å²) in [5, 5.41) is 0. The molecule has 2 fully saturated rings. The molecular weight excluding hydrogens is 352 g/mol. The Bertz CT molecular complexity index is 824. The van der Waals surface area contributed by atoms with Crippen LogP contribution in [0.25, 0.3) is 0 Å². The second-order valence-corrected chi connectivity index (χ2v) is 10.0. The summed E-state index contributed by atoms with van der Waals surface area (Å²) in [6.45, 7) is 5.72. The predicted octanol–water partition coefficient (Wildman–Crippen LogP) is 2.18. The van der Waals surface area contributed by atoms with Crippen LogP contribution in [-0.2, 0) is 25.0 Å². The first-order chi connectivity index (χ1) is 12.3. The summed E-state index contributed by atoms with van der Waals surface area (Å²) in [6, 6.07) is 5.11. The summed E-state index contributed by atoms with van der Waals surface area (Å²) in [7, 11) is -3.59. The Labute approximate surface area is 155 Å². The zero-order chi connectivity index (χ0) is 18.5. The van der Waals surface area contributed by atoms with E-state index >= 15 is 0 Å². The molecule has 3 aliphatic rings. The Morgan fingerprint density at radius 3 is 2.73 bits per heavy atom. The number of hydrogen-bond donors (Lipinski definition) is 1. The maximum absolute atomic E-state index is 12.7. The number of fused-ring (bicyclic) bond motifs is 1. The molecule has 1 saturated heterocycles. The summed E-state index contributed by atoms with van der Waals surface area (Å²) in [5.41, 5.74) is 1.51. The van der Waals surface area contributed by atoms with Gasteiger partial charge in [0.05, 0.1) is 11.0 Å². The maximum Gasteiger partial charge on any atom is 0.240 e. The van der Waals surface area contributed by atoms with Gasteiger partial charge in [0.15, 0.2) is 0 Å². The van der Waals surface area contributed by atoms with Crippen molar-refractivity contribution in [2.45, 2.75) is 55.9 Å². The molecule has 0 radical (unpaired) electrons. The molecule has 142 valence electrons. The zero-order valence-corrected chi connectivity index (χ0v) is 16.1. The molecule has 2 heterocycles. The van der Waals surface area contributed by atoms with E-state index in [2.05, 4.69) is 18.6 Å². The van der Waals surface area contributed by atoms with Crippen LogP contribution in [0.2, 0.25) is 0 Å². The minimum atomic E-state index is -3.59. The van der Waals surface area contributed by atoms with Crippen LogP contribution in [0.3, 0.4) is 0 Å². The van der Waals surface area contributed by atoms with Gasteiger partial charge >= 0.3 is 0 Å². The molecule has 1 N–H and O–H groups in total. The highest BCUT2D eigenvalue weighted by molar-refractivity contribution is 7.89. The molecule has 0 bridgehead atoms. The van der Waals surface area contributed by atoms with Crippen molar-refractivity contribution >= 4 is 21.6 Å². The van der Waals surface area contributed by atoms with Gasteiger partial charge in [-0.2, -0.15) is 0 Å². The molecule has 0 spiro atoms. The second kappa shape index (κ2) is 6.32. The fourth-order valence-electron chi connectivity index (χ4n) is 3.86. The molecule has 7 heteroatoms. The summed E-state index contributed by atoms with van der Waals surface area (Å²) in [4.78, 5) is 14.7. The van der Waals surface area contributed by atoms with E-state index in [1.165, 1.54) is 0 Å². The molecule has 1 aromatic rings. The lowest BCUT2D eigenvalue weighted by Gasteiger charge is -2.20. The van der Waals surface area contributed by atoms with Gasteiger partial charge in [-0.05, 0) is 49.4 Å². The smallest absolute Gasteiger partial charge is 0.240 e. The van der Waals surface area contributed by atoms with Crippen LogP contribution in [0.15, 0.2) is 23.1 Å². The number of sulfonamides is 1. The summed E-state index contributed by atoms with van der Waals surface area (Å²) in [6.07, 6.45) is 3.75. The van der Waals surface area contributed by atoms with Gasteiger partial charge in [-0.1, -0.05) is 13.8 Å². The number of carbonyl (C=O) groups is 1. The average Bonchev–Trinajstić information content (AvgIpc) is 3.25. The van der Waals surface area contributed by atoms with Crippen molar-refractivity contribution in [2.75, 3.05) is 24.6 Å². The van der Waals surface area contributed by atoms with Gasteiger partial charge in [0.25, 0.3) is 0 Å². The molecule has 1 amide bonds. The van der Waals surface area contributed by atoms with Gasteiger partial charge in [-0.15, -0.1) is 0 Å². The monoisotopic (exact) mass is 378 g/mol. The number of nitrogens with one attached hydrogen (secondary N) is 1. The van der Waals surface area contributed by atoms with Gasteiger partial charge in [-0.25, -0.2) is 13.1 Å². The van der Waals surface area contributed by atoms with Gasteiger partial charge < -0.3 is 9.64 Å². The van der Waals surface area contributed by atoms with Gasteiger partial charge in [-0.3, -0.25) is 4.79 Å². The van der Waals surface area contributed by atoms with Gasteiger partial charge in [0.2, 0.25) is 15.9 Å². The lowest BCUT2D eigenvalue weighted by atomic mass is 9.87. The van der Waals surface area contributed by atoms with E-state index in [9.17, 15) is 13.2 Å². The third kappa shape index (κ3) is 3.28. The van der Waals surface area contributed by atoms with Crippen molar-refractivity contribution in [3.8, 4) is 0 Å². The van der Waals surface area contributed by atoms with Crippen LogP contribution in [-0.4, -0.2) is 40.1 Å². The Morgan fingerprint density at radius 1 is 1.31 bits per heavy atom. The van der Waals surface area contributed by atoms with Crippen molar-refractivity contribution in [3.05, 3.63) is 23.8 Å². The fraction of sp³-hybridized carbons (Fsp3) is 0.632. The molecule has 26 heavy (non-hydrogen) atoms. The summed E-state index contributed by atoms with van der Waals surface area (Å²) < 4.78 is 33.5. The molecule has 0 unspecified atom stereocenters. The molecule has 2 aliphatic heterocycles. The maximum atomic E-state index is 12.7. The lowest BCUT2D eigenvalue weighted by molar-refractivity contribution is -0.119. The van der Waals surface area contributed by atoms with E-state index in [0.717, 1.165) is 36.9 Å². The van der Waals surface area contributed by atoms with E-state index in [4.69, 9.17) is 4.74 Å². The van der Waals surface area contributed by atoms with Crippen LogP contribution in [0.4, 0.5) is 5.69 Å². The number of rotatable bonds is 5.